The molecule has 24 heavy (non-hydrogen) atoms. The Hall–Kier alpha value is -2.57. The summed E-state index contributed by atoms with van der Waals surface area (Å²) in [5.41, 5.74) is 6.33. The number of hydrogen-bond donors (Lipinski definition) is 2. The molecular weight excluding hydrogens is 332 g/mol. The van der Waals surface area contributed by atoms with Crippen LogP contribution in [0.25, 0.3) is 0 Å². The normalized spacial score (nSPS) is 10.1. The zero-order valence-corrected chi connectivity index (χ0v) is 14.0. The van der Waals surface area contributed by atoms with Crippen LogP contribution >= 0.6 is 11.6 Å². The van der Waals surface area contributed by atoms with Gasteiger partial charge in [0.15, 0.2) is 0 Å². The molecule has 0 fully saturated rings. The molecule has 7 heteroatoms. The lowest BCUT2D eigenvalue weighted by Crippen LogP contribution is -2.41. The molecule has 0 aliphatic rings. The number of halogens is 1. The molecule has 2 aromatic rings. The fourth-order valence-electron chi connectivity index (χ4n) is 2.02. The first kappa shape index (κ1) is 17.8. The molecule has 0 radical (unpaired) electrons. The number of rotatable bonds is 5. The largest absolute Gasteiger partial charge is 0.496 e. The molecule has 0 heterocycles. The van der Waals surface area contributed by atoms with Crippen LogP contribution in [0.4, 0.5) is 0 Å². The molecule has 2 rings (SSSR count). The quantitative estimate of drug-likeness (QED) is 0.814. The van der Waals surface area contributed by atoms with Gasteiger partial charge in [0.2, 0.25) is 0 Å². The van der Waals surface area contributed by atoms with Crippen LogP contribution < -0.4 is 15.6 Å². The molecule has 0 spiro atoms. The van der Waals surface area contributed by atoms with Gasteiger partial charge in [0.05, 0.1) is 19.3 Å². The van der Waals surface area contributed by atoms with Crippen molar-refractivity contribution in [3.8, 4) is 5.75 Å². The molecule has 0 aliphatic heterocycles. The monoisotopic (exact) mass is 348 g/mol. The van der Waals surface area contributed by atoms with Gasteiger partial charge in [-0.05, 0) is 35.9 Å². The molecule has 2 N–H and O–H groups in total. The summed E-state index contributed by atoms with van der Waals surface area (Å²) in [6.45, 7) is 0.467. The number of hydrogen-bond acceptors (Lipinski definition) is 4. The fourth-order valence-corrected chi connectivity index (χ4v) is 2.19. The van der Waals surface area contributed by atoms with Gasteiger partial charge >= 0.3 is 0 Å². The zero-order chi connectivity index (χ0) is 17.5. The predicted octanol–water partition coefficient (Wildman–Crippen LogP) is 2.57. The van der Waals surface area contributed by atoms with Crippen molar-refractivity contribution in [3.63, 3.8) is 0 Å². The molecule has 0 bridgehead atoms. The molecule has 0 aromatic heterocycles. The first-order valence-corrected chi connectivity index (χ1v) is 7.45. The highest BCUT2D eigenvalue weighted by Gasteiger charge is 2.14. The summed E-state index contributed by atoms with van der Waals surface area (Å²) in [5, 5.41) is 0.448. The second kappa shape index (κ2) is 8.33. The van der Waals surface area contributed by atoms with Crippen LogP contribution in [-0.4, -0.2) is 26.0 Å². The zero-order valence-electron chi connectivity index (χ0n) is 13.3. The average molecular weight is 349 g/mol. The Bertz CT molecular complexity index is 732. The van der Waals surface area contributed by atoms with Gasteiger partial charge in [0.1, 0.15) is 5.75 Å². The molecule has 0 saturated carbocycles. The third kappa shape index (κ3) is 4.47. The Kier molecular flexibility index (Phi) is 6.17. The van der Waals surface area contributed by atoms with Crippen molar-refractivity contribution in [1.29, 1.82) is 0 Å². The van der Waals surface area contributed by atoms with Crippen LogP contribution in [0.2, 0.25) is 5.02 Å². The first-order chi connectivity index (χ1) is 11.5. The third-order valence-corrected chi connectivity index (χ3v) is 3.46. The van der Waals surface area contributed by atoms with E-state index in [4.69, 9.17) is 21.1 Å². The van der Waals surface area contributed by atoms with Gasteiger partial charge in [-0.3, -0.25) is 20.4 Å². The second-order valence-corrected chi connectivity index (χ2v) is 5.32. The first-order valence-electron chi connectivity index (χ1n) is 7.07. The van der Waals surface area contributed by atoms with Gasteiger partial charge in [0, 0.05) is 17.7 Å². The van der Waals surface area contributed by atoms with Crippen LogP contribution in [0.1, 0.15) is 26.3 Å². The number of carbonyl (C=O) groups is 2. The summed E-state index contributed by atoms with van der Waals surface area (Å²) in [4.78, 5) is 24.2. The van der Waals surface area contributed by atoms with Gasteiger partial charge in [0.25, 0.3) is 11.8 Å². The van der Waals surface area contributed by atoms with E-state index in [1.165, 1.54) is 19.2 Å². The lowest BCUT2D eigenvalue weighted by atomic mass is 10.1. The van der Waals surface area contributed by atoms with E-state index in [1.54, 1.807) is 37.4 Å². The molecule has 0 atom stereocenters. The van der Waals surface area contributed by atoms with Crippen molar-refractivity contribution >= 4 is 23.4 Å². The van der Waals surface area contributed by atoms with E-state index in [2.05, 4.69) is 10.9 Å². The second-order valence-electron chi connectivity index (χ2n) is 4.88. The number of ether oxygens (including phenoxy) is 2. The average Bonchev–Trinajstić information content (AvgIpc) is 2.60. The molecule has 0 unspecified atom stereocenters. The van der Waals surface area contributed by atoms with E-state index < -0.39 is 11.8 Å². The van der Waals surface area contributed by atoms with Crippen molar-refractivity contribution in [2.45, 2.75) is 6.61 Å². The van der Waals surface area contributed by atoms with Crippen molar-refractivity contribution in [2.75, 3.05) is 14.2 Å². The van der Waals surface area contributed by atoms with Crippen LogP contribution in [0.15, 0.2) is 42.5 Å². The third-order valence-electron chi connectivity index (χ3n) is 3.22. The summed E-state index contributed by atoms with van der Waals surface area (Å²) >= 11 is 5.85. The van der Waals surface area contributed by atoms with E-state index >= 15 is 0 Å². The van der Waals surface area contributed by atoms with Gasteiger partial charge in [-0.2, -0.15) is 0 Å². The van der Waals surface area contributed by atoms with Gasteiger partial charge in [-0.1, -0.05) is 23.7 Å². The summed E-state index contributed by atoms with van der Waals surface area (Å²) in [6.07, 6.45) is 0. The van der Waals surface area contributed by atoms with Crippen LogP contribution in [-0.2, 0) is 11.3 Å². The number of methoxy groups -OCH3 is 2. The highest BCUT2D eigenvalue weighted by Crippen LogP contribution is 2.22. The minimum atomic E-state index is -0.507. The van der Waals surface area contributed by atoms with Gasteiger partial charge in [-0.25, -0.2) is 0 Å². The van der Waals surface area contributed by atoms with Crippen molar-refractivity contribution in [1.82, 2.24) is 10.9 Å². The fraction of sp³-hybridized carbons (Fsp3) is 0.176. The maximum atomic E-state index is 12.1. The Labute approximate surface area is 144 Å². The molecule has 2 aromatic carbocycles. The van der Waals surface area contributed by atoms with Crippen LogP contribution in [0.5, 0.6) is 5.75 Å². The van der Waals surface area contributed by atoms with E-state index in [-0.39, 0.29) is 5.56 Å². The van der Waals surface area contributed by atoms with E-state index in [0.29, 0.717) is 22.9 Å². The molecular formula is C17H17ClN2O4. The molecule has 0 aliphatic carbocycles. The van der Waals surface area contributed by atoms with E-state index in [1.807, 2.05) is 0 Å². The maximum absolute atomic E-state index is 12.1. The lowest BCUT2D eigenvalue weighted by Gasteiger charge is -2.11. The summed E-state index contributed by atoms with van der Waals surface area (Å²) in [5.74, 6) is -0.619. The van der Waals surface area contributed by atoms with Gasteiger partial charge < -0.3 is 9.47 Å². The Morgan fingerprint density at radius 2 is 1.67 bits per heavy atom. The smallest absolute Gasteiger partial charge is 0.273 e. The molecule has 6 nitrogen and oxygen atoms in total. The minimum absolute atomic E-state index is 0.262. The highest BCUT2D eigenvalue weighted by atomic mass is 35.5. The Morgan fingerprint density at radius 1 is 1.00 bits per heavy atom. The SMILES string of the molecule is COCc1ccc(C(=O)NNC(=O)c2ccc(Cl)cc2OC)cc1. The number of hydrazine groups is 1. The number of nitrogens with one attached hydrogen (secondary N) is 2. The molecule has 2 amide bonds. The number of carbonyl (C=O) groups excluding carboxylic acids is 2. The standard InChI is InChI=1S/C17H17ClN2O4/c1-23-10-11-3-5-12(6-4-11)16(21)19-20-17(22)14-8-7-13(18)9-15(14)24-2/h3-9H,10H2,1-2H3,(H,19,21)(H,20,22). The van der Waals surface area contributed by atoms with Crippen molar-refractivity contribution < 1.29 is 19.1 Å². The summed E-state index contributed by atoms with van der Waals surface area (Å²) in [7, 11) is 3.03. The highest BCUT2D eigenvalue weighted by molar-refractivity contribution is 6.30. The van der Waals surface area contributed by atoms with Crippen molar-refractivity contribution in [3.05, 3.63) is 64.2 Å². The molecule has 0 saturated heterocycles. The van der Waals surface area contributed by atoms with Crippen LogP contribution in [0, 0.1) is 0 Å². The summed E-state index contributed by atoms with van der Waals surface area (Å²) < 4.78 is 10.1. The maximum Gasteiger partial charge on any atom is 0.273 e. The minimum Gasteiger partial charge on any atom is -0.496 e. The van der Waals surface area contributed by atoms with E-state index in [9.17, 15) is 9.59 Å². The Balaban J connectivity index is 1.99. The number of benzene rings is 2. The lowest BCUT2D eigenvalue weighted by molar-refractivity contribution is 0.0845. The van der Waals surface area contributed by atoms with E-state index in [0.717, 1.165) is 5.56 Å². The topological polar surface area (TPSA) is 76.7 Å². The summed E-state index contributed by atoms with van der Waals surface area (Å²) in [6, 6.07) is 11.5. The number of amides is 2. The molecule has 126 valence electrons. The Morgan fingerprint density at radius 3 is 2.29 bits per heavy atom. The van der Waals surface area contributed by atoms with Gasteiger partial charge in [-0.15, -0.1) is 0 Å². The van der Waals surface area contributed by atoms with Crippen molar-refractivity contribution in [2.24, 2.45) is 0 Å². The predicted molar refractivity (Wildman–Crippen MR) is 90.1 cm³/mol. The van der Waals surface area contributed by atoms with Crippen LogP contribution in [0.3, 0.4) is 0 Å².